The number of hydrogen-bond donors (Lipinski definition) is 2. The highest BCUT2D eigenvalue weighted by Crippen LogP contribution is 2.32. The molecule has 154 valence electrons. The number of fused-ring (bicyclic) bond motifs is 1. The van der Waals surface area contributed by atoms with Crippen LogP contribution in [-0.2, 0) is 10.8 Å². The molecule has 2 aromatic carbocycles. The van der Waals surface area contributed by atoms with Crippen molar-refractivity contribution < 1.29 is 4.79 Å². The van der Waals surface area contributed by atoms with Gasteiger partial charge in [-0.25, -0.2) is 0 Å². The Morgan fingerprint density at radius 3 is 2.17 bits per heavy atom. The SMILES string of the molecule is CC(C)(C)c1cc(N/N=C(\C#N)C(=O)c2c[nH]c3ccccc23)cc(C(C)(C)C)c1. The Morgan fingerprint density at radius 2 is 1.60 bits per heavy atom. The Balaban J connectivity index is 1.96. The number of anilines is 1. The Bertz CT molecular complexity index is 1130. The first kappa shape index (κ1) is 21.3. The summed E-state index contributed by atoms with van der Waals surface area (Å²) in [6, 6.07) is 15.7. The van der Waals surface area contributed by atoms with E-state index in [2.05, 4.69) is 63.1 Å². The van der Waals surface area contributed by atoms with Gasteiger partial charge < -0.3 is 4.98 Å². The maximum Gasteiger partial charge on any atom is 0.226 e. The van der Waals surface area contributed by atoms with E-state index in [-0.39, 0.29) is 16.5 Å². The highest BCUT2D eigenvalue weighted by Gasteiger charge is 2.21. The number of nitrogens with one attached hydrogen (secondary N) is 2. The molecular weight excluding hydrogens is 372 g/mol. The summed E-state index contributed by atoms with van der Waals surface area (Å²) in [6.45, 7) is 12.9. The highest BCUT2D eigenvalue weighted by atomic mass is 16.1. The van der Waals surface area contributed by atoms with Crippen LogP contribution in [0.15, 0.2) is 53.8 Å². The van der Waals surface area contributed by atoms with E-state index < -0.39 is 5.78 Å². The van der Waals surface area contributed by atoms with Crippen LogP contribution in [0, 0.1) is 11.3 Å². The van der Waals surface area contributed by atoms with E-state index in [1.807, 2.05) is 42.5 Å². The molecule has 30 heavy (non-hydrogen) atoms. The average molecular weight is 401 g/mol. The largest absolute Gasteiger partial charge is 0.360 e. The van der Waals surface area contributed by atoms with Crippen molar-refractivity contribution in [3.63, 3.8) is 0 Å². The number of Topliss-reactive ketones (excluding diaryl/α,β-unsaturated/α-hetero) is 1. The zero-order valence-electron chi connectivity index (χ0n) is 18.4. The lowest BCUT2D eigenvalue weighted by atomic mass is 9.80. The third-order valence-electron chi connectivity index (χ3n) is 5.12. The van der Waals surface area contributed by atoms with E-state index in [1.165, 1.54) is 0 Å². The zero-order valence-corrected chi connectivity index (χ0v) is 18.4. The number of benzene rings is 2. The lowest BCUT2D eigenvalue weighted by Crippen LogP contribution is -2.17. The number of H-pyrrole nitrogens is 1. The van der Waals surface area contributed by atoms with Gasteiger partial charge in [0.25, 0.3) is 0 Å². The molecule has 0 radical (unpaired) electrons. The Morgan fingerprint density at radius 1 is 1.00 bits per heavy atom. The van der Waals surface area contributed by atoms with Crippen LogP contribution < -0.4 is 5.43 Å². The Hall–Kier alpha value is -3.39. The number of carbonyl (C=O) groups excluding carboxylic acids is 1. The Labute approximate surface area is 177 Å². The van der Waals surface area contributed by atoms with E-state index in [1.54, 1.807) is 6.20 Å². The van der Waals surface area contributed by atoms with Crippen molar-refractivity contribution in [3.05, 3.63) is 65.4 Å². The molecule has 0 aliphatic carbocycles. The molecule has 0 bridgehead atoms. The third-order valence-corrected chi connectivity index (χ3v) is 5.12. The van der Waals surface area contributed by atoms with Crippen LogP contribution in [0.4, 0.5) is 5.69 Å². The van der Waals surface area contributed by atoms with Gasteiger partial charge in [-0.1, -0.05) is 65.8 Å². The summed E-state index contributed by atoms with van der Waals surface area (Å²) < 4.78 is 0. The van der Waals surface area contributed by atoms with Crippen LogP contribution in [-0.4, -0.2) is 16.5 Å². The number of aromatic nitrogens is 1. The van der Waals surface area contributed by atoms with Crippen LogP contribution in [0.3, 0.4) is 0 Å². The molecule has 1 aromatic heterocycles. The molecule has 0 amide bonds. The molecule has 3 rings (SSSR count). The minimum Gasteiger partial charge on any atom is -0.360 e. The van der Waals surface area contributed by atoms with E-state index >= 15 is 0 Å². The number of carbonyl (C=O) groups is 1. The number of para-hydroxylation sites is 1. The minimum absolute atomic E-state index is 0.0423. The predicted octanol–water partition coefficient (Wildman–Crippen LogP) is 5.94. The molecular formula is C25H28N4O. The number of aromatic amines is 1. The third kappa shape index (κ3) is 4.44. The van der Waals surface area contributed by atoms with E-state index in [0.717, 1.165) is 27.7 Å². The number of nitriles is 1. The number of hydrazone groups is 1. The van der Waals surface area contributed by atoms with Gasteiger partial charge >= 0.3 is 0 Å². The van der Waals surface area contributed by atoms with Gasteiger partial charge in [-0.3, -0.25) is 10.2 Å². The van der Waals surface area contributed by atoms with Crippen molar-refractivity contribution >= 4 is 28.1 Å². The molecule has 1 heterocycles. The summed E-state index contributed by atoms with van der Waals surface area (Å²) in [5, 5.41) is 14.5. The summed E-state index contributed by atoms with van der Waals surface area (Å²) in [5.41, 5.74) is 7.04. The smallest absolute Gasteiger partial charge is 0.226 e. The second-order valence-corrected chi connectivity index (χ2v) is 9.56. The molecule has 0 unspecified atom stereocenters. The second-order valence-electron chi connectivity index (χ2n) is 9.56. The van der Waals surface area contributed by atoms with Gasteiger partial charge in [-0.15, -0.1) is 0 Å². The summed E-state index contributed by atoms with van der Waals surface area (Å²) in [6.07, 6.45) is 1.62. The van der Waals surface area contributed by atoms with E-state index in [4.69, 9.17) is 0 Å². The molecule has 0 aliphatic heterocycles. The maximum absolute atomic E-state index is 12.9. The topological polar surface area (TPSA) is 81.0 Å². The summed E-state index contributed by atoms with van der Waals surface area (Å²) in [7, 11) is 0. The first-order chi connectivity index (χ1) is 14.0. The number of rotatable bonds is 4. The highest BCUT2D eigenvalue weighted by molar-refractivity contribution is 6.52. The molecule has 0 fully saturated rings. The lowest BCUT2D eigenvalue weighted by Gasteiger charge is -2.26. The number of ketones is 1. The summed E-state index contributed by atoms with van der Waals surface area (Å²) in [5.74, 6) is -0.412. The molecule has 5 nitrogen and oxygen atoms in total. The van der Waals surface area contributed by atoms with Crippen molar-refractivity contribution in [2.24, 2.45) is 5.10 Å². The summed E-state index contributed by atoms with van der Waals surface area (Å²) in [4.78, 5) is 16.0. The second kappa shape index (κ2) is 7.79. The number of hydrogen-bond acceptors (Lipinski definition) is 4. The molecule has 5 heteroatoms. The van der Waals surface area contributed by atoms with Crippen molar-refractivity contribution in [2.45, 2.75) is 52.4 Å². The van der Waals surface area contributed by atoms with Gasteiger partial charge in [-0.2, -0.15) is 10.4 Å². The van der Waals surface area contributed by atoms with Gasteiger partial charge in [0.15, 0.2) is 0 Å². The first-order valence-corrected chi connectivity index (χ1v) is 10.0. The van der Waals surface area contributed by atoms with Gasteiger partial charge in [0.2, 0.25) is 11.5 Å². The fourth-order valence-corrected chi connectivity index (χ4v) is 3.19. The predicted molar refractivity (Wildman–Crippen MR) is 123 cm³/mol. The fourth-order valence-electron chi connectivity index (χ4n) is 3.19. The maximum atomic E-state index is 12.9. The molecule has 0 aliphatic rings. The molecule has 0 atom stereocenters. The van der Waals surface area contributed by atoms with Crippen molar-refractivity contribution in [2.75, 3.05) is 5.43 Å². The minimum atomic E-state index is -0.412. The van der Waals surface area contributed by atoms with Crippen LogP contribution in [0.1, 0.15) is 63.0 Å². The lowest BCUT2D eigenvalue weighted by molar-refractivity contribution is 0.106. The quantitative estimate of drug-likeness (QED) is 0.323. The van der Waals surface area contributed by atoms with Crippen molar-refractivity contribution in [1.82, 2.24) is 4.98 Å². The molecule has 3 aromatic rings. The molecule has 2 N–H and O–H groups in total. The fraction of sp³-hybridized carbons (Fsp3) is 0.320. The van der Waals surface area contributed by atoms with Crippen molar-refractivity contribution in [1.29, 1.82) is 5.26 Å². The van der Waals surface area contributed by atoms with E-state index in [0.29, 0.717) is 5.56 Å². The van der Waals surface area contributed by atoms with Crippen LogP contribution >= 0.6 is 0 Å². The van der Waals surface area contributed by atoms with Gasteiger partial charge in [0.1, 0.15) is 6.07 Å². The van der Waals surface area contributed by atoms with E-state index in [9.17, 15) is 10.1 Å². The zero-order chi connectivity index (χ0) is 22.1. The van der Waals surface area contributed by atoms with Gasteiger partial charge in [0, 0.05) is 17.1 Å². The molecule has 0 spiro atoms. The average Bonchev–Trinajstić information content (AvgIpc) is 3.11. The van der Waals surface area contributed by atoms with Crippen molar-refractivity contribution in [3.8, 4) is 6.07 Å². The Kier molecular flexibility index (Phi) is 5.54. The monoisotopic (exact) mass is 400 g/mol. The van der Waals surface area contributed by atoms with Crippen LogP contribution in [0.5, 0.6) is 0 Å². The molecule has 0 saturated heterocycles. The molecule has 0 saturated carbocycles. The summed E-state index contributed by atoms with van der Waals surface area (Å²) >= 11 is 0. The van der Waals surface area contributed by atoms with Gasteiger partial charge in [-0.05, 0) is 40.2 Å². The van der Waals surface area contributed by atoms with Crippen LogP contribution in [0.25, 0.3) is 10.9 Å². The standard InChI is InChI=1S/C25H28N4O/c1-24(2,3)16-11-17(25(4,5)6)13-18(12-16)28-29-22(14-26)23(30)20-15-27-21-10-8-7-9-19(20)21/h7-13,15,27-28H,1-6H3/b29-22+. The normalized spacial score (nSPS) is 12.6. The van der Waals surface area contributed by atoms with Crippen LogP contribution in [0.2, 0.25) is 0 Å². The van der Waals surface area contributed by atoms with Gasteiger partial charge in [0.05, 0.1) is 11.3 Å². The number of nitrogens with zero attached hydrogens (tertiary/aromatic N) is 2. The first-order valence-electron chi connectivity index (χ1n) is 10.0.